The highest BCUT2D eigenvalue weighted by Gasteiger charge is 2.27. The Kier molecular flexibility index (Phi) is 4.78. The van der Waals surface area contributed by atoms with E-state index in [2.05, 4.69) is 5.10 Å². The van der Waals surface area contributed by atoms with Crippen molar-refractivity contribution in [3.05, 3.63) is 46.9 Å². The zero-order valence-corrected chi connectivity index (χ0v) is 16.1. The summed E-state index contributed by atoms with van der Waals surface area (Å²) in [5, 5.41) is 14.3. The predicted molar refractivity (Wildman–Crippen MR) is 102 cm³/mol. The van der Waals surface area contributed by atoms with Gasteiger partial charge >= 0.3 is 12.1 Å². The molecule has 27 heavy (non-hydrogen) atoms. The van der Waals surface area contributed by atoms with Gasteiger partial charge in [-0.15, -0.1) is 0 Å². The topological polar surface area (TPSA) is 85.8 Å². The zero-order chi connectivity index (χ0) is 19.9. The van der Waals surface area contributed by atoms with E-state index >= 15 is 0 Å². The molecule has 1 N–H and O–H groups in total. The van der Waals surface area contributed by atoms with Gasteiger partial charge in [-0.1, -0.05) is 26.0 Å². The summed E-state index contributed by atoms with van der Waals surface area (Å²) in [7, 11) is 0. The summed E-state index contributed by atoms with van der Waals surface area (Å²) in [6.45, 7) is 9.68. The Morgan fingerprint density at radius 3 is 2.52 bits per heavy atom. The number of hydrogen-bond acceptors (Lipinski definition) is 4. The van der Waals surface area contributed by atoms with Gasteiger partial charge in [0.05, 0.1) is 23.6 Å². The standard InChI is InChI=1S/C20H23N3O4/c1-6-27-19(24)14-9-7-8-12(4)16(14)17-13(5)21-23-15(11(2)3)10-22(18(17)23)20(25)26/h7-11H,6H2,1-5H3,(H,25,26). The fraction of sp³-hybridized carbons (Fsp3) is 0.350. The first-order valence-electron chi connectivity index (χ1n) is 8.88. The summed E-state index contributed by atoms with van der Waals surface area (Å²) in [6.07, 6.45) is 0.486. The minimum Gasteiger partial charge on any atom is -0.464 e. The van der Waals surface area contributed by atoms with Crippen LogP contribution in [-0.2, 0) is 4.74 Å². The lowest BCUT2D eigenvalue weighted by Gasteiger charge is -2.12. The van der Waals surface area contributed by atoms with Crippen molar-refractivity contribution in [2.45, 2.75) is 40.5 Å². The van der Waals surface area contributed by atoms with Crippen molar-refractivity contribution in [1.29, 1.82) is 0 Å². The minimum absolute atomic E-state index is 0.0849. The third-order valence-electron chi connectivity index (χ3n) is 4.59. The second-order valence-corrected chi connectivity index (χ2v) is 6.78. The second kappa shape index (κ2) is 6.90. The summed E-state index contributed by atoms with van der Waals surface area (Å²) in [5.41, 5.74) is 4.41. The van der Waals surface area contributed by atoms with Crippen LogP contribution >= 0.6 is 0 Å². The second-order valence-electron chi connectivity index (χ2n) is 6.78. The average Bonchev–Trinajstić information content (AvgIpc) is 3.11. The van der Waals surface area contributed by atoms with E-state index in [1.165, 1.54) is 4.57 Å². The maximum atomic E-state index is 12.5. The number of benzene rings is 1. The maximum Gasteiger partial charge on any atom is 0.417 e. The van der Waals surface area contributed by atoms with Gasteiger partial charge in [-0.2, -0.15) is 5.10 Å². The number of aromatic nitrogens is 3. The van der Waals surface area contributed by atoms with Gasteiger partial charge in [-0.3, -0.25) is 0 Å². The largest absolute Gasteiger partial charge is 0.464 e. The number of fused-ring (bicyclic) bond motifs is 1. The monoisotopic (exact) mass is 369 g/mol. The van der Waals surface area contributed by atoms with Crippen LogP contribution in [0.15, 0.2) is 24.4 Å². The molecule has 2 aromatic heterocycles. The molecule has 0 amide bonds. The lowest BCUT2D eigenvalue weighted by atomic mass is 9.95. The van der Waals surface area contributed by atoms with Crippen LogP contribution in [0.5, 0.6) is 0 Å². The first kappa shape index (κ1) is 18.7. The molecule has 0 saturated carbocycles. The fourth-order valence-electron chi connectivity index (χ4n) is 3.38. The Bertz CT molecular complexity index is 1040. The van der Waals surface area contributed by atoms with Crippen molar-refractivity contribution in [2.75, 3.05) is 6.61 Å². The maximum absolute atomic E-state index is 12.5. The number of rotatable bonds is 4. The van der Waals surface area contributed by atoms with Crippen LogP contribution in [0.2, 0.25) is 0 Å². The average molecular weight is 369 g/mol. The third kappa shape index (κ3) is 2.99. The SMILES string of the molecule is CCOC(=O)c1cccc(C)c1-c1c(C)nn2c(C(C)C)cn(C(=O)O)c12. The first-order chi connectivity index (χ1) is 12.8. The number of esters is 1. The van der Waals surface area contributed by atoms with E-state index in [1.807, 2.05) is 33.8 Å². The number of carbonyl (C=O) groups excluding carboxylic acids is 1. The Balaban J connectivity index is 2.42. The van der Waals surface area contributed by atoms with Crippen molar-refractivity contribution in [2.24, 2.45) is 0 Å². The van der Waals surface area contributed by atoms with E-state index in [0.29, 0.717) is 28.0 Å². The number of imidazole rings is 1. The van der Waals surface area contributed by atoms with Crippen LogP contribution in [0.4, 0.5) is 4.79 Å². The van der Waals surface area contributed by atoms with Gasteiger partial charge < -0.3 is 9.84 Å². The van der Waals surface area contributed by atoms with Gasteiger partial charge in [0.25, 0.3) is 0 Å². The molecule has 0 aliphatic carbocycles. The molecule has 0 aliphatic rings. The van der Waals surface area contributed by atoms with Crippen molar-refractivity contribution in [3.8, 4) is 11.1 Å². The van der Waals surface area contributed by atoms with E-state index in [-0.39, 0.29) is 12.5 Å². The minimum atomic E-state index is -1.10. The fourth-order valence-corrected chi connectivity index (χ4v) is 3.38. The molecule has 0 saturated heterocycles. The van der Waals surface area contributed by atoms with E-state index < -0.39 is 12.1 Å². The molecule has 0 spiro atoms. The summed E-state index contributed by atoms with van der Waals surface area (Å²) in [6, 6.07) is 5.37. The third-order valence-corrected chi connectivity index (χ3v) is 4.59. The smallest absolute Gasteiger partial charge is 0.417 e. The molecule has 142 valence electrons. The van der Waals surface area contributed by atoms with Crippen LogP contribution in [0.25, 0.3) is 16.8 Å². The molecule has 2 heterocycles. The van der Waals surface area contributed by atoms with Crippen molar-refractivity contribution in [1.82, 2.24) is 14.2 Å². The Labute approximate surface area is 157 Å². The highest BCUT2D eigenvalue weighted by Crippen LogP contribution is 2.36. The molecule has 7 nitrogen and oxygen atoms in total. The molecule has 1 aromatic carbocycles. The van der Waals surface area contributed by atoms with Crippen molar-refractivity contribution in [3.63, 3.8) is 0 Å². The van der Waals surface area contributed by atoms with E-state index in [1.54, 1.807) is 29.8 Å². The number of carboxylic acid groups (broad SMARTS) is 1. The van der Waals surface area contributed by atoms with E-state index in [0.717, 1.165) is 11.3 Å². The van der Waals surface area contributed by atoms with Crippen LogP contribution in [0.3, 0.4) is 0 Å². The molecule has 0 radical (unpaired) electrons. The zero-order valence-electron chi connectivity index (χ0n) is 16.1. The van der Waals surface area contributed by atoms with Crippen molar-refractivity contribution < 1.29 is 19.4 Å². The van der Waals surface area contributed by atoms with Gasteiger partial charge in [0.1, 0.15) is 0 Å². The van der Waals surface area contributed by atoms with Crippen LogP contribution < -0.4 is 0 Å². The van der Waals surface area contributed by atoms with Gasteiger partial charge in [0.2, 0.25) is 0 Å². The molecule has 3 aromatic rings. The van der Waals surface area contributed by atoms with Crippen LogP contribution in [-0.4, -0.2) is 38.0 Å². The summed E-state index contributed by atoms with van der Waals surface area (Å²) in [4.78, 5) is 24.4. The van der Waals surface area contributed by atoms with E-state index in [9.17, 15) is 14.7 Å². The first-order valence-corrected chi connectivity index (χ1v) is 8.88. The molecule has 0 atom stereocenters. The highest BCUT2D eigenvalue weighted by atomic mass is 16.5. The molecule has 3 rings (SSSR count). The molecular formula is C20H23N3O4. The Hall–Kier alpha value is -3.09. The number of ether oxygens (including phenoxy) is 1. The highest BCUT2D eigenvalue weighted by molar-refractivity contribution is 6.01. The number of hydrogen-bond donors (Lipinski definition) is 1. The van der Waals surface area contributed by atoms with Gasteiger partial charge in [0.15, 0.2) is 5.65 Å². The molecule has 0 fully saturated rings. The Morgan fingerprint density at radius 2 is 1.93 bits per heavy atom. The summed E-state index contributed by atoms with van der Waals surface area (Å²) >= 11 is 0. The molecule has 0 bridgehead atoms. The molecule has 7 heteroatoms. The van der Waals surface area contributed by atoms with Crippen molar-refractivity contribution >= 4 is 17.7 Å². The lowest BCUT2D eigenvalue weighted by Crippen LogP contribution is -2.10. The number of aryl methyl sites for hydroxylation is 2. The van der Waals surface area contributed by atoms with Gasteiger partial charge in [-0.25, -0.2) is 18.7 Å². The van der Waals surface area contributed by atoms with Crippen LogP contribution in [0.1, 0.15) is 54.0 Å². The van der Waals surface area contributed by atoms with E-state index in [4.69, 9.17) is 4.74 Å². The van der Waals surface area contributed by atoms with Gasteiger partial charge in [0, 0.05) is 17.3 Å². The summed E-state index contributed by atoms with van der Waals surface area (Å²) in [5.74, 6) is -0.353. The molecule has 0 unspecified atom stereocenters. The molecule has 0 aliphatic heterocycles. The molecular weight excluding hydrogens is 346 g/mol. The normalized spacial score (nSPS) is 11.3. The predicted octanol–water partition coefficient (Wildman–Crippen LogP) is 4.25. The lowest BCUT2D eigenvalue weighted by molar-refractivity contribution is 0.0527. The quantitative estimate of drug-likeness (QED) is 0.695. The van der Waals surface area contributed by atoms with Gasteiger partial charge in [-0.05, 0) is 38.3 Å². The van der Waals surface area contributed by atoms with Crippen LogP contribution in [0, 0.1) is 13.8 Å². The summed E-state index contributed by atoms with van der Waals surface area (Å²) < 4.78 is 8.04. The number of nitrogens with zero attached hydrogens (tertiary/aromatic N) is 3. The number of carbonyl (C=O) groups is 2. The Morgan fingerprint density at radius 1 is 1.22 bits per heavy atom.